The highest BCUT2D eigenvalue weighted by molar-refractivity contribution is 6.03. The largest absolute Gasteiger partial charge is 0.459 e. The number of aryl methyl sites for hydroxylation is 1. The van der Waals surface area contributed by atoms with E-state index in [-0.39, 0.29) is 17.2 Å². The van der Waals surface area contributed by atoms with Crippen LogP contribution in [0.1, 0.15) is 27.4 Å². The molecule has 0 saturated heterocycles. The van der Waals surface area contributed by atoms with Crippen molar-refractivity contribution in [2.75, 3.05) is 5.32 Å². The summed E-state index contributed by atoms with van der Waals surface area (Å²) in [5, 5.41) is 12.6. The third-order valence-electron chi connectivity index (χ3n) is 5.56. The fraction of sp³-hybridized carbons (Fsp3) is 0.167. The lowest BCUT2D eigenvalue weighted by atomic mass is 10.0. The Morgan fingerprint density at radius 2 is 1.72 bits per heavy atom. The van der Waals surface area contributed by atoms with Crippen molar-refractivity contribution in [1.29, 1.82) is 0 Å². The van der Waals surface area contributed by atoms with Crippen molar-refractivity contribution in [3.63, 3.8) is 0 Å². The smallest absolute Gasteiger partial charge is 0.304 e. The van der Waals surface area contributed by atoms with Crippen LogP contribution in [-0.4, -0.2) is 36.5 Å². The lowest BCUT2D eigenvalue weighted by molar-refractivity contribution is -0.291. The zero-order valence-electron chi connectivity index (χ0n) is 18.6. The van der Waals surface area contributed by atoms with Crippen LogP contribution in [0.2, 0.25) is 0 Å². The molecule has 0 fully saturated rings. The monoisotopic (exact) mass is 500 g/mol. The second-order valence-electron chi connectivity index (χ2n) is 8.15. The predicted octanol–water partition coefficient (Wildman–Crippen LogP) is 5.34. The van der Waals surface area contributed by atoms with E-state index in [0.717, 1.165) is 22.4 Å². The van der Waals surface area contributed by atoms with E-state index in [1.165, 1.54) is 13.0 Å². The summed E-state index contributed by atoms with van der Waals surface area (Å²) >= 11 is 0. The second-order valence-corrected chi connectivity index (χ2v) is 8.15. The van der Waals surface area contributed by atoms with Gasteiger partial charge in [0.15, 0.2) is 17.2 Å². The molecule has 2 aromatic carbocycles. The molecule has 0 atom stereocenters. The van der Waals surface area contributed by atoms with E-state index in [0.29, 0.717) is 17.1 Å². The van der Waals surface area contributed by atoms with Gasteiger partial charge in [0.1, 0.15) is 5.69 Å². The number of nitrogens with one attached hydrogen (secondary N) is 1. The molecule has 7 nitrogen and oxygen atoms in total. The van der Waals surface area contributed by atoms with Gasteiger partial charge < -0.3 is 5.32 Å². The predicted molar refractivity (Wildman–Crippen MR) is 121 cm³/mol. The summed E-state index contributed by atoms with van der Waals surface area (Å²) in [4.78, 5) is 16.6. The minimum atomic E-state index is -5.85. The molecular weight excluding hydrogens is 483 g/mol. The summed E-state index contributed by atoms with van der Waals surface area (Å²) < 4.78 is 69.0. The van der Waals surface area contributed by atoms with E-state index in [4.69, 9.17) is 0 Å². The maximum Gasteiger partial charge on any atom is 0.459 e. The molecule has 1 amide bonds. The van der Waals surface area contributed by atoms with Gasteiger partial charge in [-0.25, -0.2) is 9.50 Å². The molecular formula is C24H17F5N6O. The molecule has 0 aliphatic rings. The summed E-state index contributed by atoms with van der Waals surface area (Å²) in [7, 11) is 0. The normalized spacial score (nSPS) is 12.4. The van der Waals surface area contributed by atoms with Crippen LogP contribution in [-0.2, 0) is 12.5 Å². The Labute approximate surface area is 200 Å². The molecule has 0 aliphatic carbocycles. The molecule has 12 heteroatoms. The molecule has 5 rings (SSSR count). The number of carbonyl (C=O) groups excluding carboxylic acids is 1. The van der Waals surface area contributed by atoms with Crippen LogP contribution in [0.15, 0.2) is 66.9 Å². The van der Waals surface area contributed by atoms with Crippen LogP contribution in [0.4, 0.5) is 27.8 Å². The van der Waals surface area contributed by atoms with Gasteiger partial charge in [0.25, 0.3) is 5.91 Å². The van der Waals surface area contributed by atoms with Crippen molar-refractivity contribution in [3.8, 4) is 0 Å². The zero-order chi connectivity index (χ0) is 25.7. The Morgan fingerprint density at radius 3 is 2.50 bits per heavy atom. The molecule has 3 heterocycles. The van der Waals surface area contributed by atoms with E-state index in [2.05, 4.69) is 20.5 Å². The number of amides is 1. The fourth-order valence-corrected chi connectivity index (χ4v) is 3.88. The maximum absolute atomic E-state index is 14.1. The third-order valence-corrected chi connectivity index (χ3v) is 5.56. The number of hydrogen-bond acceptors (Lipinski definition) is 4. The lowest BCUT2D eigenvalue weighted by Crippen LogP contribution is -2.36. The minimum Gasteiger partial charge on any atom is -0.304 e. The Hall–Kier alpha value is -4.35. The number of carbonyl (C=O) groups is 1. The van der Waals surface area contributed by atoms with Gasteiger partial charge in [-0.15, -0.1) is 0 Å². The van der Waals surface area contributed by atoms with Gasteiger partial charge in [0, 0.05) is 24.0 Å². The van der Waals surface area contributed by atoms with Gasteiger partial charge in [0.2, 0.25) is 0 Å². The van der Waals surface area contributed by atoms with Crippen molar-refractivity contribution >= 4 is 28.1 Å². The number of nitrogens with zero attached hydrogens (tertiary/aromatic N) is 5. The van der Waals surface area contributed by atoms with Crippen LogP contribution in [0.3, 0.4) is 0 Å². The number of halogens is 5. The van der Waals surface area contributed by atoms with Crippen molar-refractivity contribution in [2.45, 2.75) is 25.6 Å². The molecule has 0 spiro atoms. The second kappa shape index (κ2) is 8.40. The maximum atomic E-state index is 14.1. The number of hydrogen-bond donors (Lipinski definition) is 1. The number of benzene rings is 2. The summed E-state index contributed by atoms with van der Waals surface area (Å²) in [6, 6.07) is 16.9. The van der Waals surface area contributed by atoms with Crippen LogP contribution in [0, 0.1) is 6.92 Å². The molecule has 1 N–H and O–H groups in total. The number of fused-ring (bicyclic) bond motifs is 2. The van der Waals surface area contributed by atoms with Gasteiger partial charge in [-0.1, -0.05) is 42.5 Å². The number of anilines is 1. The van der Waals surface area contributed by atoms with Gasteiger partial charge in [-0.2, -0.15) is 32.1 Å². The van der Waals surface area contributed by atoms with E-state index < -0.39 is 29.4 Å². The summed E-state index contributed by atoms with van der Waals surface area (Å²) in [6.45, 7) is 1.69. The van der Waals surface area contributed by atoms with Gasteiger partial charge in [-0.05, 0) is 29.3 Å². The van der Waals surface area contributed by atoms with E-state index >= 15 is 0 Å². The molecule has 0 aliphatic heterocycles. The molecule has 5 aromatic rings. The first kappa shape index (κ1) is 23.4. The van der Waals surface area contributed by atoms with E-state index in [1.807, 2.05) is 42.5 Å². The molecule has 0 radical (unpaired) electrons. The zero-order valence-corrected chi connectivity index (χ0v) is 18.6. The Bertz CT molecular complexity index is 1600. The van der Waals surface area contributed by atoms with Gasteiger partial charge >= 0.3 is 12.1 Å². The SMILES string of the molecule is Cc1cc(C(F)(F)C(F)(F)F)n2nc(C(=O)Nc3ccn(Cc4cccc5ccccc45)n3)cc2n1. The van der Waals surface area contributed by atoms with E-state index in [9.17, 15) is 26.7 Å². The molecule has 184 valence electrons. The van der Waals surface area contributed by atoms with Crippen molar-refractivity contribution in [3.05, 3.63) is 89.5 Å². The van der Waals surface area contributed by atoms with Gasteiger partial charge in [0.05, 0.1) is 6.54 Å². The quantitative estimate of drug-likeness (QED) is 0.331. The average molecular weight is 500 g/mol. The average Bonchev–Trinajstić information content (AvgIpc) is 3.44. The highest BCUT2D eigenvalue weighted by atomic mass is 19.4. The molecule has 0 bridgehead atoms. The van der Waals surface area contributed by atoms with Crippen LogP contribution in [0.5, 0.6) is 0 Å². The number of rotatable bonds is 5. The number of aromatic nitrogens is 5. The fourth-order valence-electron chi connectivity index (χ4n) is 3.88. The molecule has 0 saturated carbocycles. The van der Waals surface area contributed by atoms with Crippen LogP contribution in [0.25, 0.3) is 16.4 Å². The minimum absolute atomic E-state index is 0.0829. The Morgan fingerprint density at radius 1 is 0.972 bits per heavy atom. The topological polar surface area (TPSA) is 77.1 Å². The summed E-state index contributed by atoms with van der Waals surface area (Å²) in [5.41, 5.74) is -1.22. The number of alkyl halides is 5. The van der Waals surface area contributed by atoms with E-state index in [1.54, 1.807) is 10.9 Å². The first-order valence-electron chi connectivity index (χ1n) is 10.7. The van der Waals surface area contributed by atoms with Crippen LogP contribution >= 0.6 is 0 Å². The molecule has 3 aromatic heterocycles. The van der Waals surface area contributed by atoms with Crippen LogP contribution < -0.4 is 5.32 Å². The summed E-state index contributed by atoms with van der Waals surface area (Å²) in [5.74, 6) is -5.88. The highest BCUT2D eigenvalue weighted by Crippen LogP contribution is 2.43. The summed E-state index contributed by atoms with van der Waals surface area (Å²) in [6.07, 6.45) is -4.20. The van der Waals surface area contributed by atoms with Crippen molar-refractivity contribution in [2.24, 2.45) is 0 Å². The standard InChI is InChI=1S/C24H17F5N6O/c1-14-11-19(23(25,26)24(27,28)29)35-21(30-14)12-18(32-35)22(36)31-20-9-10-34(33-20)13-16-7-4-6-15-5-2-3-8-17(15)16/h2-12H,13H2,1H3,(H,31,33,36). The van der Waals surface area contributed by atoms with Gasteiger partial charge in [-0.3, -0.25) is 9.48 Å². The van der Waals surface area contributed by atoms with Crippen molar-refractivity contribution in [1.82, 2.24) is 24.4 Å². The molecule has 0 unspecified atom stereocenters. The molecule has 36 heavy (non-hydrogen) atoms. The third kappa shape index (κ3) is 4.14. The Balaban J connectivity index is 1.39. The highest BCUT2D eigenvalue weighted by Gasteiger charge is 2.60. The first-order chi connectivity index (χ1) is 17.0. The lowest BCUT2D eigenvalue weighted by Gasteiger charge is -2.20. The Kier molecular flexibility index (Phi) is 5.46. The van der Waals surface area contributed by atoms with Crippen molar-refractivity contribution < 1.29 is 26.7 Å². The first-order valence-corrected chi connectivity index (χ1v) is 10.7.